The summed E-state index contributed by atoms with van der Waals surface area (Å²) in [6.45, 7) is 2.83. The van der Waals surface area contributed by atoms with Gasteiger partial charge in [-0.25, -0.2) is 4.98 Å². The van der Waals surface area contributed by atoms with E-state index in [1.165, 1.54) is 6.07 Å². The molecule has 0 unspecified atom stereocenters. The maximum absolute atomic E-state index is 11.2. The summed E-state index contributed by atoms with van der Waals surface area (Å²) in [4.78, 5) is 15.7. The van der Waals surface area contributed by atoms with Crippen molar-refractivity contribution in [2.45, 2.75) is 20.1 Å². The second kappa shape index (κ2) is 7.37. The molecular formula is C21H19N3O3. The molecule has 0 saturated heterocycles. The van der Waals surface area contributed by atoms with Crippen LogP contribution in [0, 0.1) is 6.92 Å². The summed E-state index contributed by atoms with van der Waals surface area (Å²) in [6, 6.07) is 19.1. The standard InChI is InChI=1S/C21H19N3O3/c1-15-19(22-21(27-15)17-5-3-2-4-6-17)14-26-18-9-7-16(8-10-18)13-24-12-11-20(25)23-24/h2-12H,13-14H2,1H3,(H,23,25). The van der Waals surface area contributed by atoms with Crippen LogP contribution in [0.4, 0.5) is 0 Å². The van der Waals surface area contributed by atoms with Crippen molar-refractivity contribution >= 4 is 0 Å². The van der Waals surface area contributed by atoms with Gasteiger partial charge >= 0.3 is 0 Å². The highest BCUT2D eigenvalue weighted by atomic mass is 16.5. The van der Waals surface area contributed by atoms with E-state index in [9.17, 15) is 4.79 Å². The molecule has 1 N–H and O–H groups in total. The summed E-state index contributed by atoms with van der Waals surface area (Å²) in [5.41, 5.74) is 2.69. The van der Waals surface area contributed by atoms with Crippen LogP contribution in [0.2, 0.25) is 0 Å². The lowest BCUT2D eigenvalue weighted by Crippen LogP contribution is -2.06. The van der Waals surface area contributed by atoms with E-state index in [4.69, 9.17) is 9.15 Å². The van der Waals surface area contributed by atoms with Gasteiger partial charge < -0.3 is 9.15 Å². The Morgan fingerprint density at radius 3 is 2.56 bits per heavy atom. The Bertz CT molecular complexity index is 1080. The van der Waals surface area contributed by atoms with Gasteiger partial charge in [0.05, 0.1) is 6.54 Å². The Kier molecular flexibility index (Phi) is 4.61. The number of rotatable bonds is 6. The first kappa shape index (κ1) is 16.9. The van der Waals surface area contributed by atoms with Crippen LogP contribution >= 0.6 is 0 Å². The van der Waals surface area contributed by atoms with Crippen molar-refractivity contribution in [3.63, 3.8) is 0 Å². The second-order valence-electron chi connectivity index (χ2n) is 6.24. The molecule has 4 rings (SSSR count). The smallest absolute Gasteiger partial charge is 0.264 e. The number of aromatic nitrogens is 3. The number of nitrogens with one attached hydrogen (secondary N) is 1. The van der Waals surface area contributed by atoms with E-state index in [-0.39, 0.29) is 5.56 Å². The first-order valence-corrected chi connectivity index (χ1v) is 8.66. The molecule has 0 aliphatic carbocycles. The predicted octanol–water partition coefficient (Wildman–Crippen LogP) is 3.77. The van der Waals surface area contributed by atoms with Crippen LogP contribution in [0.3, 0.4) is 0 Å². The van der Waals surface area contributed by atoms with Gasteiger partial charge in [0, 0.05) is 17.8 Å². The van der Waals surface area contributed by atoms with Crippen LogP contribution < -0.4 is 10.3 Å². The fourth-order valence-corrected chi connectivity index (χ4v) is 2.77. The minimum absolute atomic E-state index is 0.104. The zero-order valence-electron chi connectivity index (χ0n) is 14.9. The van der Waals surface area contributed by atoms with Crippen LogP contribution in [-0.4, -0.2) is 14.8 Å². The summed E-state index contributed by atoms with van der Waals surface area (Å²) >= 11 is 0. The Morgan fingerprint density at radius 2 is 1.85 bits per heavy atom. The number of hydrogen-bond acceptors (Lipinski definition) is 4. The van der Waals surface area contributed by atoms with Gasteiger partial charge in [-0.2, -0.15) is 0 Å². The normalized spacial score (nSPS) is 10.9. The molecule has 0 saturated carbocycles. The monoisotopic (exact) mass is 361 g/mol. The molecule has 4 aromatic rings. The molecule has 0 spiro atoms. The van der Waals surface area contributed by atoms with Crippen molar-refractivity contribution in [1.82, 2.24) is 14.8 Å². The molecule has 2 heterocycles. The van der Waals surface area contributed by atoms with E-state index < -0.39 is 0 Å². The number of oxazole rings is 1. The van der Waals surface area contributed by atoms with Gasteiger partial charge in [0.1, 0.15) is 23.8 Å². The van der Waals surface area contributed by atoms with Crippen molar-refractivity contribution in [2.24, 2.45) is 0 Å². The maximum Gasteiger partial charge on any atom is 0.264 e. The quantitative estimate of drug-likeness (QED) is 0.567. The fourth-order valence-electron chi connectivity index (χ4n) is 2.77. The highest BCUT2D eigenvalue weighted by Gasteiger charge is 2.11. The zero-order valence-corrected chi connectivity index (χ0v) is 14.9. The molecule has 27 heavy (non-hydrogen) atoms. The maximum atomic E-state index is 11.2. The van der Waals surface area contributed by atoms with Crippen molar-refractivity contribution in [3.05, 3.63) is 94.2 Å². The number of H-pyrrole nitrogens is 1. The molecule has 0 radical (unpaired) electrons. The number of benzene rings is 2. The van der Waals surface area contributed by atoms with Gasteiger partial charge in [0.25, 0.3) is 5.56 Å². The summed E-state index contributed by atoms with van der Waals surface area (Å²) in [6.07, 6.45) is 1.73. The van der Waals surface area contributed by atoms with E-state index in [1.54, 1.807) is 10.9 Å². The van der Waals surface area contributed by atoms with E-state index in [0.717, 1.165) is 28.3 Å². The minimum Gasteiger partial charge on any atom is -0.487 e. The van der Waals surface area contributed by atoms with Gasteiger partial charge in [-0.05, 0) is 36.8 Å². The van der Waals surface area contributed by atoms with Gasteiger partial charge in [-0.15, -0.1) is 0 Å². The molecule has 6 nitrogen and oxygen atoms in total. The van der Waals surface area contributed by atoms with E-state index >= 15 is 0 Å². The summed E-state index contributed by atoms with van der Waals surface area (Å²) < 4.78 is 13.3. The van der Waals surface area contributed by atoms with E-state index in [2.05, 4.69) is 10.1 Å². The minimum atomic E-state index is -0.104. The van der Waals surface area contributed by atoms with Crippen LogP contribution in [0.15, 0.2) is 76.1 Å². The summed E-state index contributed by atoms with van der Waals surface area (Å²) in [5.74, 6) is 2.10. The molecule has 2 aromatic heterocycles. The fraction of sp³-hybridized carbons (Fsp3) is 0.143. The SMILES string of the molecule is Cc1oc(-c2ccccc2)nc1COc1ccc(Cn2ccc(=O)[nH]2)cc1. The average molecular weight is 361 g/mol. The lowest BCUT2D eigenvalue weighted by molar-refractivity contribution is 0.299. The number of aryl methyl sites for hydroxylation is 1. The Balaban J connectivity index is 1.40. The Labute approximate surface area is 156 Å². The lowest BCUT2D eigenvalue weighted by Gasteiger charge is -2.07. The molecule has 0 aliphatic heterocycles. The Morgan fingerprint density at radius 1 is 1.07 bits per heavy atom. The van der Waals surface area contributed by atoms with Gasteiger partial charge in [0.15, 0.2) is 0 Å². The summed E-state index contributed by atoms with van der Waals surface area (Å²) in [7, 11) is 0. The third-order valence-electron chi connectivity index (χ3n) is 4.22. The third kappa shape index (κ3) is 4.00. The number of hydrogen-bond donors (Lipinski definition) is 1. The number of nitrogens with zero attached hydrogens (tertiary/aromatic N) is 2. The van der Waals surface area contributed by atoms with Crippen molar-refractivity contribution in [1.29, 1.82) is 0 Å². The molecule has 0 fully saturated rings. The average Bonchev–Trinajstić information content (AvgIpc) is 3.27. The third-order valence-corrected chi connectivity index (χ3v) is 4.22. The Hall–Kier alpha value is -3.54. The van der Waals surface area contributed by atoms with Crippen molar-refractivity contribution < 1.29 is 9.15 Å². The molecule has 0 aliphatic rings. The first-order valence-electron chi connectivity index (χ1n) is 8.66. The summed E-state index contributed by atoms with van der Waals surface area (Å²) in [5, 5.41) is 2.72. The predicted molar refractivity (Wildman–Crippen MR) is 102 cm³/mol. The van der Waals surface area contributed by atoms with Gasteiger partial charge in [-0.3, -0.25) is 14.6 Å². The second-order valence-corrected chi connectivity index (χ2v) is 6.24. The van der Waals surface area contributed by atoms with Gasteiger partial charge in [-0.1, -0.05) is 30.3 Å². The highest BCUT2D eigenvalue weighted by molar-refractivity contribution is 5.53. The molecule has 0 bridgehead atoms. The van der Waals surface area contributed by atoms with Crippen molar-refractivity contribution in [3.8, 4) is 17.2 Å². The van der Waals surface area contributed by atoms with E-state index in [0.29, 0.717) is 19.0 Å². The lowest BCUT2D eigenvalue weighted by atomic mass is 10.2. The molecule has 0 amide bonds. The van der Waals surface area contributed by atoms with Gasteiger partial charge in [0.2, 0.25) is 5.89 Å². The highest BCUT2D eigenvalue weighted by Crippen LogP contribution is 2.22. The number of ether oxygens (including phenoxy) is 1. The van der Waals surface area contributed by atoms with Crippen LogP contribution in [0.1, 0.15) is 17.0 Å². The van der Waals surface area contributed by atoms with Crippen LogP contribution in [0.5, 0.6) is 5.75 Å². The largest absolute Gasteiger partial charge is 0.487 e. The first-order chi connectivity index (χ1) is 13.2. The molecule has 0 atom stereocenters. The molecule has 6 heteroatoms. The van der Waals surface area contributed by atoms with Crippen LogP contribution in [0.25, 0.3) is 11.5 Å². The van der Waals surface area contributed by atoms with Crippen LogP contribution in [-0.2, 0) is 13.2 Å². The van der Waals surface area contributed by atoms with Crippen molar-refractivity contribution in [2.75, 3.05) is 0 Å². The zero-order chi connectivity index (χ0) is 18.6. The topological polar surface area (TPSA) is 73.1 Å². The molecule has 136 valence electrons. The molecule has 2 aromatic carbocycles. The number of aromatic amines is 1. The molecular weight excluding hydrogens is 342 g/mol. The van der Waals surface area contributed by atoms with E-state index in [1.807, 2.05) is 61.5 Å².